The molecule has 3 heterocycles. The first-order chi connectivity index (χ1) is 14.7. The van der Waals surface area contributed by atoms with Gasteiger partial charge in [-0.15, -0.1) is 0 Å². The lowest BCUT2D eigenvalue weighted by molar-refractivity contribution is 0.0720. The quantitative estimate of drug-likeness (QED) is 0.674. The summed E-state index contributed by atoms with van der Waals surface area (Å²) in [5, 5.41) is 0. The van der Waals surface area contributed by atoms with Gasteiger partial charge in [-0.2, -0.15) is 4.31 Å². The molecule has 2 aliphatic rings. The van der Waals surface area contributed by atoms with Crippen LogP contribution in [0, 0.1) is 5.92 Å². The number of ether oxygens (including phenoxy) is 1. The molecule has 2 aromatic rings. The van der Waals surface area contributed by atoms with Crippen molar-refractivity contribution in [1.82, 2.24) is 14.2 Å². The van der Waals surface area contributed by atoms with Crippen LogP contribution in [0.25, 0.3) is 11.3 Å². The summed E-state index contributed by atoms with van der Waals surface area (Å²) >= 11 is 0. The molecule has 168 valence electrons. The zero-order valence-electron chi connectivity index (χ0n) is 18.8. The van der Waals surface area contributed by atoms with Crippen LogP contribution in [0.2, 0.25) is 0 Å². The van der Waals surface area contributed by atoms with Gasteiger partial charge in [0.2, 0.25) is 10.0 Å². The number of aromatic nitrogens is 1. The Labute approximate surface area is 186 Å². The fourth-order valence-corrected chi connectivity index (χ4v) is 5.61. The fourth-order valence-electron chi connectivity index (χ4n) is 4.10. The minimum atomic E-state index is -3.35. The third-order valence-electron chi connectivity index (χ3n) is 6.39. The molecular formula is C24H33N3O3S. The predicted octanol–water partition coefficient (Wildman–Crippen LogP) is 4.03. The van der Waals surface area contributed by atoms with E-state index in [4.69, 9.17) is 4.74 Å². The first-order valence-corrected chi connectivity index (χ1v) is 12.6. The molecule has 2 fully saturated rings. The van der Waals surface area contributed by atoms with Gasteiger partial charge in [0.05, 0.1) is 23.4 Å². The van der Waals surface area contributed by atoms with E-state index in [1.54, 1.807) is 18.3 Å². The van der Waals surface area contributed by atoms with Crippen LogP contribution < -0.4 is 4.74 Å². The molecule has 0 spiro atoms. The molecule has 7 heteroatoms. The van der Waals surface area contributed by atoms with E-state index in [2.05, 4.69) is 30.7 Å². The Morgan fingerprint density at radius 3 is 2.19 bits per heavy atom. The standard InChI is InChI=1S/C24H33N3O3S/c1-24(2,3)26-15-11-19(12-16-26)18-30-21-7-10-23(25-17-21)20-5-8-22(9-6-20)31(28,29)27-13-4-14-27/h5-10,17,19H,4,11-16,18H2,1-3H3. The van der Waals surface area contributed by atoms with Crippen molar-refractivity contribution < 1.29 is 13.2 Å². The van der Waals surface area contributed by atoms with Gasteiger partial charge in [0.25, 0.3) is 0 Å². The van der Waals surface area contributed by atoms with E-state index in [1.807, 2.05) is 24.3 Å². The van der Waals surface area contributed by atoms with Gasteiger partial charge in [-0.3, -0.25) is 9.88 Å². The molecule has 1 aromatic heterocycles. The zero-order chi connectivity index (χ0) is 22.1. The first kappa shape index (κ1) is 22.2. The zero-order valence-corrected chi connectivity index (χ0v) is 19.6. The highest BCUT2D eigenvalue weighted by Gasteiger charge is 2.29. The predicted molar refractivity (Wildman–Crippen MR) is 123 cm³/mol. The van der Waals surface area contributed by atoms with E-state index in [9.17, 15) is 8.42 Å². The van der Waals surface area contributed by atoms with Crippen LogP contribution >= 0.6 is 0 Å². The van der Waals surface area contributed by atoms with E-state index in [1.165, 1.54) is 4.31 Å². The first-order valence-electron chi connectivity index (χ1n) is 11.2. The van der Waals surface area contributed by atoms with Gasteiger partial charge in [-0.05, 0) is 83.3 Å². The number of nitrogens with zero attached hydrogens (tertiary/aromatic N) is 3. The molecule has 0 amide bonds. The van der Waals surface area contributed by atoms with E-state index < -0.39 is 10.0 Å². The molecule has 31 heavy (non-hydrogen) atoms. The second-order valence-electron chi connectivity index (χ2n) is 9.57. The highest BCUT2D eigenvalue weighted by Crippen LogP contribution is 2.27. The minimum Gasteiger partial charge on any atom is -0.492 e. The number of hydrogen-bond donors (Lipinski definition) is 0. The van der Waals surface area contributed by atoms with Crippen LogP contribution in [0.3, 0.4) is 0 Å². The van der Waals surface area contributed by atoms with Gasteiger partial charge in [-0.25, -0.2) is 8.42 Å². The number of rotatable bonds is 6. The van der Waals surface area contributed by atoms with Crippen LogP contribution in [0.4, 0.5) is 0 Å². The number of pyridine rings is 1. The molecule has 0 aliphatic carbocycles. The Morgan fingerprint density at radius 1 is 1.00 bits per heavy atom. The highest BCUT2D eigenvalue weighted by atomic mass is 32.2. The lowest BCUT2D eigenvalue weighted by Gasteiger charge is -2.40. The largest absolute Gasteiger partial charge is 0.492 e. The van der Waals surface area contributed by atoms with Gasteiger partial charge in [-0.1, -0.05) is 12.1 Å². The molecule has 4 rings (SSSR count). The Bertz CT molecular complexity index is 970. The van der Waals surface area contributed by atoms with E-state index in [0.717, 1.165) is 56.0 Å². The Morgan fingerprint density at radius 2 is 1.68 bits per heavy atom. The maximum atomic E-state index is 12.5. The summed E-state index contributed by atoms with van der Waals surface area (Å²) in [5.74, 6) is 1.36. The molecule has 0 N–H and O–H groups in total. The number of likely N-dealkylation sites (tertiary alicyclic amines) is 1. The van der Waals surface area contributed by atoms with Crippen LogP contribution in [0.1, 0.15) is 40.0 Å². The number of hydrogen-bond acceptors (Lipinski definition) is 5. The summed E-state index contributed by atoms with van der Waals surface area (Å²) in [6.45, 7) is 11.0. The monoisotopic (exact) mass is 443 g/mol. The van der Waals surface area contributed by atoms with Crippen LogP contribution in [0.5, 0.6) is 5.75 Å². The molecule has 0 unspecified atom stereocenters. The van der Waals surface area contributed by atoms with Crippen LogP contribution in [-0.4, -0.2) is 60.9 Å². The summed E-state index contributed by atoms with van der Waals surface area (Å²) < 4.78 is 32.4. The lowest BCUT2D eigenvalue weighted by atomic mass is 9.94. The van der Waals surface area contributed by atoms with Crippen molar-refractivity contribution >= 4 is 10.0 Å². The number of benzene rings is 1. The van der Waals surface area contributed by atoms with Crippen molar-refractivity contribution in [1.29, 1.82) is 0 Å². The molecule has 2 aliphatic heterocycles. The summed E-state index contributed by atoms with van der Waals surface area (Å²) in [7, 11) is -3.35. The molecule has 1 aromatic carbocycles. The Balaban J connectivity index is 1.31. The highest BCUT2D eigenvalue weighted by molar-refractivity contribution is 7.89. The van der Waals surface area contributed by atoms with E-state index >= 15 is 0 Å². The van der Waals surface area contributed by atoms with Gasteiger partial charge < -0.3 is 4.74 Å². The van der Waals surface area contributed by atoms with E-state index in [0.29, 0.717) is 23.9 Å². The van der Waals surface area contributed by atoms with E-state index in [-0.39, 0.29) is 5.54 Å². The molecule has 0 bridgehead atoms. The fraction of sp³-hybridized carbons (Fsp3) is 0.542. The summed E-state index contributed by atoms with van der Waals surface area (Å²) in [4.78, 5) is 7.40. The SMILES string of the molecule is CC(C)(C)N1CCC(COc2ccc(-c3ccc(S(=O)(=O)N4CCC4)cc3)nc2)CC1. The normalized spacial score (nSPS) is 19.2. The average Bonchev–Trinajstić information content (AvgIpc) is 2.71. The molecule has 0 radical (unpaired) electrons. The minimum absolute atomic E-state index is 0.239. The van der Waals surface area contributed by atoms with Crippen molar-refractivity contribution in [2.45, 2.75) is 50.5 Å². The van der Waals surface area contributed by atoms with Crippen molar-refractivity contribution in [2.24, 2.45) is 5.92 Å². The van der Waals surface area contributed by atoms with Gasteiger partial charge in [0, 0.05) is 24.2 Å². The van der Waals surface area contributed by atoms with Crippen LogP contribution in [-0.2, 0) is 10.0 Å². The Kier molecular flexibility index (Phi) is 6.37. The molecule has 6 nitrogen and oxygen atoms in total. The summed E-state index contributed by atoms with van der Waals surface area (Å²) in [6.07, 6.45) is 5.01. The third kappa shape index (κ3) is 5.10. The number of sulfonamides is 1. The number of piperidine rings is 1. The summed E-state index contributed by atoms with van der Waals surface area (Å²) in [6, 6.07) is 10.8. The van der Waals surface area contributed by atoms with Crippen molar-refractivity contribution in [3.63, 3.8) is 0 Å². The van der Waals surface area contributed by atoms with Crippen molar-refractivity contribution in [3.8, 4) is 17.0 Å². The molecular weight excluding hydrogens is 410 g/mol. The summed E-state index contributed by atoms with van der Waals surface area (Å²) in [5.41, 5.74) is 1.94. The van der Waals surface area contributed by atoms with Crippen molar-refractivity contribution in [2.75, 3.05) is 32.8 Å². The lowest BCUT2D eigenvalue weighted by Crippen LogP contribution is -2.46. The Hall–Kier alpha value is -1.96. The van der Waals surface area contributed by atoms with Gasteiger partial charge >= 0.3 is 0 Å². The maximum Gasteiger partial charge on any atom is 0.243 e. The van der Waals surface area contributed by atoms with Gasteiger partial charge in [0.15, 0.2) is 0 Å². The second-order valence-corrected chi connectivity index (χ2v) is 11.5. The van der Waals surface area contributed by atoms with Crippen molar-refractivity contribution in [3.05, 3.63) is 42.6 Å². The van der Waals surface area contributed by atoms with Crippen LogP contribution in [0.15, 0.2) is 47.5 Å². The maximum absolute atomic E-state index is 12.5. The molecule has 0 atom stereocenters. The second kappa shape index (κ2) is 8.88. The molecule has 0 saturated carbocycles. The molecule has 2 saturated heterocycles. The third-order valence-corrected chi connectivity index (χ3v) is 8.30. The van der Waals surface area contributed by atoms with Gasteiger partial charge in [0.1, 0.15) is 5.75 Å². The average molecular weight is 444 g/mol. The topological polar surface area (TPSA) is 62.7 Å². The smallest absolute Gasteiger partial charge is 0.243 e.